The molecule has 0 saturated heterocycles. The molecule has 23 heavy (non-hydrogen) atoms. The molecule has 0 unspecified atom stereocenters. The van der Waals surface area contributed by atoms with E-state index in [1.54, 1.807) is 11.3 Å². The maximum absolute atomic E-state index is 12.2. The van der Waals surface area contributed by atoms with E-state index in [1.807, 2.05) is 5.38 Å². The number of aromatic nitrogens is 1. The van der Waals surface area contributed by atoms with Crippen LogP contribution in [0, 0.1) is 0 Å². The average molecular weight is 328 g/mol. The summed E-state index contributed by atoms with van der Waals surface area (Å²) >= 11 is 1.61. The Bertz CT molecular complexity index is 642. The SMILES string of the molecule is CCc1ccc(-c2nc(CC(=O)NC3CCCCC3)cs2)cc1. The number of nitrogens with zero attached hydrogens (tertiary/aromatic N) is 1. The molecule has 1 aliphatic rings. The normalized spacial score (nSPS) is 15.5. The molecule has 1 amide bonds. The summed E-state index contributed by atoms with van der Waals surface area (Å²) in [7, 11) is 0. The Labute approximate surface area is 142 Å². The predicted octanol–water partition coefficient (Wildman–Crippen LogP) is 4.36. The number of aryl methyl sites for hydroxylation is 1. The number of thiazole rings is 1. The van der Waals surface area contributed by atoms with E-state index in [0.29, 0.717) is 12.5 Å². The number of nitrogens with one attached hydrogen (secondary N) is 1. The second-order valence-electron chi connectivity index (χ2n) is 6.27. The first kappa shape index (κ1) is 16.2. The smallest absolute Gasteiger partial charge is 0.226 e. The molecule has 1 N–H and O–H groups in total. The minimum atomic E-state index is 0.107. The number of hydrogen-bond acceptors (Lipinski definition) is 3. The molecule has 0 atom stereocenters. The van der Waals surface area contributed by atoms with E-state index in [4.69, 9.17) is 0 Å². The van der Waals surface area contributed by atoms with Crippen LogP contribution in [0.15, 0.2) is 29.6 Å². The second kappa shape index (κ2) is 7.73. The average Bonchev–Trinajstić information content (AvgIpc) is 3.04. The molecular formula is C19H24N2OS. The third-order valence-electron chi connectivity index (χ3n) is 4.47. The molecule has 122 valence electrons. The van der Waals surface area contributed by atoms with Gasteiger partial charge in [-0.1, -0.05) is 50.5 Å². The van der Waals surface area contributed by atoms with Crippen molar-refractivity contribution in [3.8, 4) is 10.6 Å². The van der Waals surface area contributed by atoms with Gasteiger partial charge in [-0.25, -0.2) is 4.98 Å². The molecule has 1 fully saturated rings. The molecule has 1 heterocycles. The van der Waals surface area contributed by atoms with Gasteiger partial charge in [0, 0.05) is 17.0 Å². The van der Waals surface area contributed by atoms with Crippen molar-refractivity contribution in [1.29, 1.82) is 0 Å². The van der Waals surface area contributed by atoms with Gasteiger partial charge in [0.25, 0.3) is 0 Å². The fourth-order valence-corrected chi connectivity index (χ4v) is 3.92. The second-order valence-corrected chi connectivity index (χ2v) is 7.13. The minimum absolute atomic E-state index is 0.107. The van der Waals surface area contributed by atoms with Gasteiger partial charge in [0.15, 0.2) is 0 Å². The van der Waals surface area contributed by atoms with Crippen LogP contribution in [0.2, 0.25) is 0 Å². The van der Waals surface area contributed by atoms with Gasteiger partial charge in [0.1, 0.15) is 5.01 Å². The van der Waals surface area contributed by atoms with Crippen LogP contribution in [0.25, 0.3) is 10.6 Å². The standard InChI is InChI=1S/C19H24N2OS/c1-2-14-8-10-15(11-9-14)19-21-17(13-23-19)12-18(22)20-16-6-4-3-5-7-16/h8-11,13,16H,2-7,12H2,1H3,(H,20,22). The van der Waals surface area contributed by atoms with Crippen molar-refractivity contribution in [2.24, 2.45) is 0 Å². The zero-order valence-corrected chi connectivity index (χ0v) is 14.5. The van der Waals surface area contributed by atoms with Gasteiger partial charge >= 0.3 is 0 Å². The fraction of sp³-hybridized carbons (Fsp3) is 0.474. The molecule has 0 aliphatic heterocycles. The number of rotatable bonds is 5. The zero-order chi connectivity index (χ0) is 16.1. The maximum atomic E-state index is 12.2. The molecule has 1 aromatic heterocycles. The first-order valence-electron chi connectivity index (χ1n) is 8.57. The van der Waals surface area contributed by atoms with Crippen molar-refractivity contribution in [3.05, 3.63) is 40.9 Å². The van der Waals surface area contributed by atoms with Crippen LogP contribution in [0.3, 0.4) is 0 Å². The van der Waals surface area contributed by atoms with Crippen LogP contribution < -0.4 is 5.32 Å². The molecule has 0 radical (unpaired) electrons. The van der Waals surface area contributed by atoms with Crippen molar-refractivity contribution in [2.75, 3.05) is 0 Å². The molecule has 3 rings (SSSR count). The molecular weight excluding hydrogens is 304 g/mol. The molecule has 1 aliphatic carbocycles. The van der Waals surface area contributed by atoms with Crippen molar-refractivity contribution in [1.82, 2.24) is 10.3 Å². The highest BCUT2D eigenvalue weighted by Gasteiger charge is 2.16. The van der Waals surface area contributed by atoms with Gasteiger partial charge in [-0.15, -0.1) is 11.3 Å². The van der Waals surface area contributed by atoms with Gasteiger partial charge in [0.2, 0.25) is 5.91 Å². The van der Waals surface area contributed by atoms with Crippen molar-refractivity contribution in [2.45, 2.75) is 57.9 Å². The van der Waals surface area contributed by atoms with E-state index >= 15 is 0 Å². The Morgan fingerprint density at radius 3 is 2.65 bits per heavy atom. The number of hydrogen-bond donors (Lipinski definition) is 1. The van der Waals surface area contributed by atoms with Gasteiger partial charge in [-0.2, -0.15) is 0 Å². The fourth-order valence-electron chi connectivity index (χ4n) is 3.09. The lowest BCUT2D eigenvalue weighted by molar-refractivity contribution is -0.121. The first-order chi connectivity index (χ1) is 11.2. The summed E-state index contributed by atoms with van der Waals surface area (Å²) in [4.78, 5) is 16.8. The summed E-state index contributed by atoms with van der Waals surface area (Å²) in [6.45, 7) is 2.15. The van der Waals surface area contributed by atoms with Crippen LogP contribution >= 0.6 is 11.3 Å². The van der Waals surface area contributed by atoms with Crippen LogP contribution in [0.1, 0.15) is 50.3 Å². The van der Waals surface area contributed by atoms with E-state index in [1.165, 1.54) is 24.8 Å². The number of carbonyl (C=O) groups is 1. The predicted molar refractivity (Wildman–Crippen MR) is 95.6 cm³/mol. The summed E-state index contributed by atoms with van der Waals surface area (Å²) in [6, 6.07) is 8.89. The largest absolute Gasteiger partial charge is 0.353 e. The molecule has 1 aromatic carbocycles. The number of carbonyl (C=O) groups excluding carboxylic acids is 1. The van der Waals surface area contributed by atoms with E-state index in [2.05, 4.69) is 41.5 Å². The summed E-state index contributed by atoms with van der Waals surface area (Å²) in [5.74, 6) is 0.107. The van der Waals surface area contributed by atoms with E-state index in [0.717, 1.165) is 35.5 Å². The molecule has 4 heteroatoms. The Morgan fingerprint density at radius 1 is 1.22 bits per heavy atom. The first-order valence-corrected chi connectivity index (χ1v) is 9.45. The molecule has 0 bridgehead atoms. The number of benzene rings is 1. The van der Waals surface area contributed by atoms with Crippen LogP contribution in [0.4, 0.5) is 0 Å². The molecule has 2 aromatic rings. The summed E-state index contributed by atoms with van der Waals surface area (Å²) in [5, 5.41) is 6.15. The van der Waals surface area contributed by atoms with Gasteiger partial charge in [0.05, 0.1) is 12.1 Å². The zero-order valence-electron chi connectivity index (χ0n) is 13.7. The highest BCUT2D eigenvalue weighted by molar-refractivity contribution is 7.13. The van der Waals surface area contributed by atoms with Crippen molar-refractivity contribution in [3.63, 3.8) is 0 Å². The summed E-state index contributed by atoms with van der Waals surface area (Å²) in [5.41, 5.74) is 3.33. The Balaban J connectivity index is 1.58. The van der Waals surface area contributed by atoms with Crippen LogP contribution in [0.5, 0.6) is 0 Å². The van der Waals surface area contributed by atoms with Crippen LogP contribution in [-0.4, -0.2) is 16.9 Å². The topological polar surface area (TPSA) is 42.0 Å². The highest BCUT2D eigenvalue weighted by Crippen LogP contribution is 2.24. The summed E-state index contributed by atoms with van der Waals surface area (Å²) < 4.78 is 0. The minimum Gasteiger partial charge on any atom is -0.353 e. The van der Waals surface area contributed by atoms with E-state index in [-0.39, 0.29) is 5.91 Å². The van der Waals surface area contributed by atoms with E-state index < -0.39 is 0 Å². The van der Waals surface area contributed by atoms with E-state index in [9.17, 15) is 4.79 Å². The lowest BCUT2D eigenvalue weighted by atomic mass is 9.95. The lowest BCUT2D eigenvalue weighted by Gasteiger charge is -2.22. The van der Waals surface area contributed by atoms with Crippen molar-refractivity contribution >= 4 is 17.2 Å². The van der Waals surface area contributed by atoms with Crippen molar-refractivity contribution < 1.29 is 4.79 Å². The summed E-state index contributed by atoms with van der Waals surface area (Å²) in [6.07, 6.45) is 7.46. The quantitative estimate of drug-likeness (QED) is 0.886. The van der Waals surface area contributed by atoms with Gasteiger partial charge < -0.3 is 5.32 Å². The molecule has 1 saturated carbocycles. The number of amides is 1. The highest BCUT2D eigenvalue weighted by atomic mass is 32.1. The monoisotopic (exact) mass is 328 g/mol. The maximum Gasteiger partial charge on any atom is 0.226 e. The third kappa shape index (κ3) is 4.41. The lowest BCUT2D eigenvalue weighted by Crippen LogP contribution is -2.37. The Kier molecular flexibility index (Phi) is 5.44. The Morgan fingerprint density at radius 2 is 1.96 bits per heavy atom. The molecule has 3 nitrogen and oxygen atoms in total. The Hall–Kier alpha value is -1.68. The third-order valence-corrected chi connectivity index (χ3v) is 5.41. The van der Waals surface area contributed by atoms with Gasteiger partial charge in [-0.05, 0) is 24.8 Å². The van der Waals surface area contributed by atoms with Crippen LogP contribution in [-0.2, 0) is 17.6 Å². The van der Waals surface area contributed by atoms with Gasteiger partial charge in [-0.3, -0.25) is 4.79 Å². The molecule has 0 spiro atoms.